The van der Waals surface area contributed by atoms with Gasteiger partial charge in [0.05, 0.1) is 0 Å². The average Bonchev–Trinajstić information content (AvgIpc) is 2.39. The highest BCUT2D eigenvalue weighted by Crippen LogP contribution is 2.17. The van der Waals surface area contributed by atoms with E-state index in [0.717, 1.165) is 32.0 Å². The highest BCUT2D eigenvalue weighted by Gasteiger charge is 2.11. The molecule has 0 amide bonds. The largest absolute Gasteiger partial charge is 0.492 e. The Morgan fingerprint density at radius 1 is 1.15 bits per heavy atom. The Morgan fingerprint density at radius 3 is 2.45 bits per heavy atom. The number of nitrogens with one attached hydrogen (secondary N) is 1. The molecule has 0 unspecified atom stereocenters. The van der Waals surface area contributed by atoms with Crippen LogP contribution in [0.3, 0.4) is 0 Å². The zero-order valence-electron chi connectivity index (χ0n) is 13.6. The third kappa shape index (κ3) is 5.93. The van der Waals surface area contributed by atoms with Gasteiger partial charge in [-0.1, -0.05) is 32.0 Å². The first kappa shape index (κ1) is 17.0. The van der Waals surface area contributed by atoms with E-state index in [1.165, 1.54) is 5.56 Å². The molecule has 0 atom stereocenters. The molecule has 20 heavy (non-hydrogen) atoms. The van der Waals surface area contributed by atoms with Gasteiger partial charge in [-0.05, 0) is 32.9 Å². The van der Waals surface area contributed by atoms with Crippen LogP contribution in [0.4, 0.5) is 0 Å². The number of hydrogen-bond donors (Lipinski definition) is 1. The van der Waals surface area contributed by atoms with Crippen molar-refractivity contribution in [1.29, 1.82) is 0 Å². The predicted molar refractivity (Wildman–Crippen MR) is 86.2 cm³/mol. The summed E-state index contributed by atoms with van der Waals surface area (Å²) in [6.45, 7) is 12.7. The van der Waals surface area contributed by atoms with Gasteiger partial charge in [-0.25, -0.2) is 0 Å². The van der Waals surface area contributed by atoms with E-state index in [-0.39, 0.29) is 0 Å². The maximum atomic E-state index is 5.97. The molecule has 0 aliphatic carbocycles. The topological polar surface area (TPSA) is 24.5 Å². The first-order valence-electron chi connectivity index (χ1n) is 7.64. The average molecular weight is 278 g/mol. The Labute approximate surface area is 124 Å². The van der Waals surface area contributed by atoms with Crippen LogP contribution in [0.2, 0.25) is 0 Å². The van der Waals surface area contributed by atoms with Crippen LogP contribution in [0, 0.1) is 5.92 Å². The van der Waals surface area contributed by atoms with Crippen LogP contribution in [0.25, 0.3) is 0 Å². The minimum atomic E-state index is 0.563. The van der Waals surface area contributed by atoms with Crippen LogP contribution in [-0.4, -0.2) is 37.7 Å². The van der Waals surface area contributed by atoms with Crippen LogP contribution in [0.15, 0.2) is 24.3 Å². The smallest absolute Gasteiger partial charge is 0.123 e. The van der Waals surface area contributed by atoms with Gasteiger partial charge in [0.2, 0.25) is 0 Å². The Kier molecular flexibility index (Phi) is 7.63. The van der Waals surface area contributed by atoms with Crippen LogP contribution in [0.1, 0.15) is 33.3 Å². The van der Waals surface area contributed by atoms with Crippen LogP contribution in [-0.2, 0) is 6.54 Å². The molecule has 0 aromatic heterocycles. The first-order valence-corrected chi connectivity index (χ1v) is 7.64. The molecule has 3 nitrogen and oxygen atoms in total. The first-order chi connectivity index (χ1) is 9.54. The van der Waals surface area contributed by atoms with Gasteiger partial charge in [-0.2, -0.15) is 0 Å². The van der Waals surface area contributed by atoms with E-state index in [1.807, 2.05) is 13.1 Å². The number of hydrogen-bond acceptors (Lipinski definition) is 3. The van der Waals surface area contributed by atoms with Gasteiger partial charge in [0, 0.05) is 31.2 Å². The van der Waals surface area contributed by atoms with Crippen molar-refractivity contribution >= 4 is 0 Å². The molecule has 3 heteroatoms. The van der Waals surface area contributed by atoms with Crippen molar-refractivity contribution in [2.75, 3.05) is 26.7 Å². The molecule has 1 N–H and O–H groups in total. The minimum Gasteiger partial charge on any atom is -0.492 e. The maximum Gasteiger partial charge on any atom is 0.123 e. The number of benzene rings is 1. The summed E-state index contributed by atoms with van der Waals surface area (Å²) in [5.74, 6) is 1.68. The normalized spacial score (nSPS) is 11.6. The lowest BCUT2D eigenvalue weighted by Gasteiger charge is -2.28. The quantitative estimate of drug-likeness (QED) is 0.751. The molecule has 1 rings (SSSR count). The number of ether oxygens (including phenoxy) is 1. The molecule has 0 spiro atoms. The Balaban J connectivity index is 2.50. The van der Waals surface area contributed by atoms with Crippen molar-refractivity contribution in [2.45, 2.75) is 40.3 Å². The van der Waals surface area contributed by atoms with E-state index in [9.17, 15) is 0 Å². The van der Waals surface area contributed by atoms with Crippen LogP contribution >= 0.6 is 0 Å². The molecule has 0 bridgehead atoms. The van der Waals surface area contributed by atoms with Crippen molar-refractivity contribution in [2.24, 2.45) is 5.92 Å². The van der Waals surface area contributed by atoms with Gasteiger partial charge >= 0.3 is 0 Å². The van der Waals surface area contributed by atoms with E-state index >= 15 is 0 Å². The lowest BCUT2D eigenvalue weighted by atomic mass is 10.2. The zero-order chi connectivity index (χ0) is 15.0. The van der Waals surface area contributed by atoms with Gasteiger partial charge in [-0.3, -0.25) is 4.90 Å². The molecule has 0 aliphatic rings. The van der Waals surface area contributed by atoms with Gasteiger partial charge in [-0.15, -0.1) is 0 Å². The number of rotatable bonds is 9. The third-order valence-corrected chi connectivity index (χ3v) is 3.31. The summed E-state index contributed by atoms with van der Waals surface area (Å²) in [5, 5.41) is 3.18. The Hall–Kier alpha value is -1.06. The van der Waals surface area contributed by atoms with Crippen molar-refractivity contribution < 1.29 is 4.74 Å². The molecule has 0 saturated heterocycles. The van der Waals surface area contributed by atoms with Crippen molar-refractivity contribution in [3.8, 4) is 5.75 Å². The van der Waals surface area contributed by atoms with E-state index in [4.69, 9.17) is 4.74 Å². The molecule has 0 fully saturated rings. The monoisotopic (exact) mass is 278 g/mol. The zero-order valence-corrected chi connectivity index (χ0v) is 13.6. The summed E-state index contributed by atoms with van der Waals surface area (Å²) < 4.78 is 5.97. The summed E-state index contributed by atoms with van der Waals surface area (Å²) >= 11 is 0. The standard InChI is InChI=1S/C17H30N2O/c1-14(2)13-19(15(3)4)10-11-20-17-9-7-6-8-16(17)12-18-5/h6-9,14-15,18H,10-13H2,1-5H3. The molecule has 0 radical (unpaired) electrons. The van der Waals surface area contributed by atoms with Crippen LogP contribution in [0.5, 0.6) is 5.75 Å². The summed E-state index contributed by atoms with van der Waals surface area (Å²) in [6, 6.07) is 8.81. The number of nitrogens with zero attached hydrogens (tertiary/aromatic N) is 1. The maximum absolute atomic E-state index is 5.97. The van der Waals surface area contributed by atoms with E-state index in [1.54, 1.807) is 0 Å². The molecular formula is C17H30N2O. The summed E-state index contributed by atoms with van der Waals surface area (Å²) in [5.41, 5.74) is 1.22. The van der Waals surface area contributed by atoms with Crippen molar-refractivity contribution in [3.05, 3.63) is 29.8 Å². The lowest BCUT2D eigenvalue weighted by Crippen LogP contribution is -2.37. The van der Waals surface area contributed by atoms with Gasteiger partial charge < -0.3 is 10.1 Å². The second-order valence-corrected chi connectivity index (χ2v) is 5.97. The summed E-state index contributed by atoms with van der Waals surface area (Å²) in [6.07, 6.45) is 0. The summed E-state index contributed by atoms with van der Waals surface area (Å²) in [4.78, 5) is 2.48. The molecular weight excluding hydrogens is 248 g/mol. The minimum absolute atomic E-state index is 0.563. The fourth-order valence-corrected chi connectivity index (χ4v) is 2.28. The Morgan fingerprint density at radius 2 is 1.85 bits per heavy atom. The molecule has 1 aromatic rings. The summed E-state index contributed by atoms with van der Waals surface area (Å²) in [7, 11) is 1.96. The predicted octanol–water partition coefficient (Wildman–Crippen LogP) is 3.15. The highest BCUT2D eigenvalue weighted by atomic mass is 16.5. The Bertz CT molecular complexity index is 377. The van der Waals surface area contributed by atoms with E-state index in [0.29, 0.717) is 12.0 Å². The SMILES string of the molecule is CNCc1ccccc1OCCN(CC(C)C)C(C)C. The fraction of sp³-hybridized carbons (Fsp3) is 0.647. The van der Waals surface area contributed by atoms with Crippen LogP contribution < -0.4 is 10.1 Å². The van der Waals surface area contributed by atoms with Gasteiger partial charge in [0.1, 0.15) is 12.4 Å². The fourth-order valence-electron chi connectivity index (χ4n) is 2.28. The molecule has 0 saturated carbocycles. The molecule has 0 aliphatic heterocycles. The lowest BCUT2D eigenvalue weighted by molar-refractivity contribution is 0.159. The van der Waals surface area contributed by atoms with Gasteiger partial charge in [0.25, 0.3) is 0 Å². The third-order valence-electron chi connectivity index (χ3n) is 3.31. The second kappa shape index (κ2) is 8.98. The molecule has 114 valence electrons. The van der Waals surface area contributed by atoms with Gasteiger partial charge in [0.15, 0.2) is 0 Å². The van der Waals surface area contributed by atoms with E-state index in [2.05, 4.69) is 56.1 Å². The van der Waals surface area contributed by atoms with Crippen molar-refractivity contribution in [3.63, 3.8) is 0 Å². The highest BCUT2D eigenvalue weighted by molar-refractivity contribution is 5.33. The number of para-hydroxylation sites is 1. The molecule has 0 heterocycles. The second-order valence-electron chi connectivity index (χ2n) is 5.97. The molecule has 1 aromatic carbocycles. The van der Waals surface area contributed by atoms with E-state index < -0.39 is 0 Å². The van der Waals surface area contributed by atoms with Crippen molar-refractivity contribution in [1.82, 2.24) is 10.2 Å².